The minimum Gasteiger partial charge on any atom is -0.491 e. The Morgan fingerprint density at radius 3 is 2.73 bits per heavy atom. The molecule has 2 rings (SSSR count). The average Bonchev–Trinajstić information content (AvgIpc) is 2.71. The van der Waals surface area contributed by atoms with Crippen LogP contribution in [0.25, 0.3) is 0 Å². The van der Waals surface area contributed by atoms with Gasteiger partial charge in [-0.2, -0.15) is 0 Å². The van der Waals surface area contributed by atoms with Crippen molar-refractivity contribution in [3.8, 4) is 5.75 Å². The number of carbonyl (C=O) groups is 2. The molecule has 168 valence electrons. The fraction of sp³-hybridized carbons (Fsp3) is 0.652. The van der Waals surface area contributed by atoms with Crippen LogP contribution in [0.4, 0.5) is 0 Å². The van der Waals surface area contributed by atoms with Crippen molar-refractivity contribution in [3.63, 3.8) is 0 Å². The van der Waals surface area contributed by atoms with Gasteiger partial charge < -0.3 is 25.6 Å². The zero-order chi connectivity index (χ0) is 22.3. The van der Waals surface area contributed by atoms with E-state index < -0.39 is 17.6 Å². The molecular formula is C23H36N2O5. The predicted molar refractivity (Wildman–Crippen MR) is 115 cm³/mol. The van der Waals surface area contributed by atoms with Gasteiger partial charge >= 0.3 is 5.97 Å². The summed E-state index contributed by atoms with van der Waals surface area (Å²) in [4.78, 5) is 24.2. The largest absolute Gasteiger partial charge is 0.491 e. The van der Waals surface area contributed by atoms with Gasteiger partial charge in [0.05, 0.1) is 7.11 Å². The molecular weight excluding hydrogens is 384 g/mol. The zero-order valence-corrected chi connectivity index (χ0v) is 18.5. The van der Waals surface area contributed by atoms with E-state index in [1.165, 1.54) is 7.11 Å². The lowest BCUT2D eigenvalue weighted by Crippen LogP contribution is -2.56. The number of benzene rings is 1. The molecule has 1 saturated carbocycles. The Morgan fingerprint density at radius 1 is 1.33 bits per heavy atom. The molecule has 0 aromatic heterocycles. The highest BCUT2D eigenvalue weighted by Gasteiger charge is 2.48. The number of nitrogens with one attached hydrogen (secondary N) is 1. The van der Waals surface area contributed by atoms with Crippen molar-refractivity contribution < 1.29 is 24.2 Å². The second-order valence-electron chi connectivity index (χ2n) is 8.76. The first-order valence-electron chi connectivity index (χ1n) is 10.7. The summed E-state index contributed by atoms with van der Waals surface area (Å²) in [7, 11) is 1.28. The quantitative estimate of drug-likeness (QED) is 0.527. The fourth-order valence-electron chi connectivity index (χ4n) is 4.30. The minimum atomic E-state index is -1.30. The lowest BCUT2D eigenvalue weighted by atomic mass is 9.66. The van der Waals surface area contributed by atoms with Gasteiger partial charge in [-0.3, -0.25) is 9.59 Å². The number of aliphatic hydroxyl groups is 1. The lowest BCUT2D eigenvalue weighted by Gasteiger charge is -2.43. The molecule has 30 heavy (non-hydrogen) atoms. The molecule has 0 saturated heterocycles. The lowest BCUT2D eigenvalue weighted by molar-refractivity contribution is -0.155. The molecule has 0 bridgehead atoms. The van der Waals surface area contributed by atoms with Crippen LogP contribution in [0, 0.1) is 17.8 Å². The Bertz CT molecular complexity index is 723. The average molecular weight is 421 g/mol. The monoisotopic (exact) mass is 420 g/mol. The van der Waals surface area contributed by atoms with Crippen LogP contribution in [-0.2, 0) is 20.7 Å². The van der Waals surface area contributed by atoms with E-state index in [9.17, 15) is 14.7 Å². The van der Waals surface area contributed by atoms with Crippen LogP contribution in [0.15, 0.2) is 24.3 Å². The third-order valence-electron chi connectivity index (χ3n) is 5.97. The topological polar surface area (TPSA) is 111 Å². The summed E-state index contributed by atoms with van der Waals surface area (Å²) in [6, 6.07) is 6.58. The van der Waals surface area contributed by atoms with Gasteiger partial charge in [-0.05, 0) is 54.7 Å². The number of amides is 1. The third-order valence-corrected chi connectivity index (χ3v) is 5.97. The number of carbonyl (C=O) groups excluding carboxylic acids is 2. The molecule has 1 aliphatic rings. The van der Waals surface area contributed by atoms with E-state index in [1.54, 1.807) is 6.07 Å². The van der Waals surface area contributed by atoms with Gasteiger partial charge in [-0.1, -0.05) is 39.3 Å². The number of esters is 1. The molecule has 0 unspecified atom stereocenters. The molecule has 0 radical (unpaired) electrons. The number of methoxy groups -OCH3 is 1. The number of rotatable bonds is 9. The zero-order valence-electron chi connectivity index (χ0n) is 18.5. The molecule has 1 aliphatic carbocycles. The van der Waals surface area contributed by atoms with E-state index in [-0.39, 0.29) is 24.3 Å². The van der Waals surface area contributed by atoms with Crippen LogP contribution in [-0.4, -0.2) is 48.9 Å². The molecule has 4 atom stereocenters. The first-order chi connectivity index (χ1) is 14.2. The van der Waals surface area contributed by atoms with Gasteiger partial charge in [-0.25, -0.2) is 0 Å². The van der Waals surface area contributed by atoms with E-state index in [0.29, 0.717) is 31.1 Å². The molecule has 7 nitrogen and oxygen atoms in total. The van der Waals surface area contributed by atoms with Crippen molar-refractivity contribution in [2.45, 2.75) is 58.1 Å². The highest BCUT2D eigenvalue weighted by Crippen LogP contribution is 2.41. The maximum Gasteiger partial charge on any atom is 0.326 e. The second-order valence-corrected chi connectivity index (χ2v) is 8.76. The first kappa shape index (κ1) is 24.2. The molecule has 1 aromatic carbocycles. The summed E-state index contributed by atoms with van der Waals surface area (Å²) >= 11 is 0. The van der Waals surface area contributed by atoms with Crippen molar-refractivity contribution >= 4 is 11.9 Å². The number of hydrogen-bond acceptors (Lipinski definition) is 6. The van der Waals surface area contributed by atoms with E-state index in [4.69, 9.17) is 10.5 Å². The number of hydrogen-bond donors (Lipinski definition) is 3. The molecule has 1 aromatic rings. The number of ether oxygens (including phenoxy) is 2. The molecule has 1 fully saturated rings. The maximum absolute atomic E-state index is 12.9. The summed E-state index contributed by atoms with van der Waals surface area (Å²) < 4.78 is 10.2. The minimum absolute atomic E-state index is 0.0225. The van der Waals surface area contributed by atoms with Gasteiger partial charge in [0.25, 0.3) is 5.91 Å². The predicted octanol–water partition coefficient (Wildman–Crippen LogP) is 2.05. The summed E-state index contributed by atoms with van der Waals surface area (Å²) in [5.41, 5.74) is 5.35. The normalized spacial score (nSPS) is 24.9. The first-order valence-corrected chi connectivity index (χ1v) is 10.7. The molecule has 4 N–H and O–H groups in total. The van der Waals surface area contributed by atoms with Gasteiger partial charge in [0.1, 0.15) is 24.0 Å². The van der Waals surface area contributed by atoms with Crippen LogP contribution < -0.4 is 15.8 Å². The Balaban J connectivity index is 1.90. The van der Waals surface area contributed by atoms with Gasteiger partial charge in [0.2, 0.25) is 0 Å². The van der Waals surface area contributed by atoms with Gasteiger partial charge in [0.15, 0.2) is 0 Å². The van der Waals surface area contributed by atoms with Crippen LogP contribution in [0.1, 0.15) is 45.6 Å². The van der Waals surface area contributed by atoms with E-state index in [0.717, 1.165) is 18.4 Å². The van der Waals surface area contributed by atoms with Gasteiger partial charge in [-0.15, -0.1) is 0 Å². The Labute approximate surface area is 179 Å². The summed E-state index contributed by atoms with van der Waals surface area (Å²) in [6.45, 7) is 6.67. The van der Waals surface area contributed by atoms with Crippen molar-refractivity contribution in [3.05, 3.63) is 29.8 Å². The second kappa shape index (κ2) is 10.8. The molecule has 0 heterocycles. The molecule has 0 spiro atoms. The summed E-state index contributed by atoms with van der Waals surface area (Å²) in [5, 5.41) is 14.1. The highest BCUT2D eigenvalue weighted by atomic mass is 16.5. The maximum atomic E-state index is 12.9. The third kappa shape index (κ3) is 6.19. The van der Waals surface area contributed by atoms with E-state index in [2.05, 4.69) is 30.8 Å². The SMILES string of the molecule is COC(=O)[C@H](N)COc1cccc(CCNC(=O)[C@]2(O)C[C@H](C)CC[C@H]2C(C)C)c1. The Hall–Kier alpha value is -2.12. The Morgan fingerprint density at radius 2 is 2.07 bits per heavy atom. The van der Waals surface area contributed by atoms with Crippen molar-refractivity contribution in [1.29, 1.82) is 0 Å². The summed E-state index contributed by atoms with van der Waals surface area (Å²) in [5.74, 6) is 0.356. The van der Waals surface area contributed by atoms with Gasteiger partial charge in [0, 0.05) is 6.54 Å². The van der Waals surface area contributed by atoms with Crippen molar-refractivity contribution in [1.82, 2.24) is 5.32 Å². The summed E-state index contributed by atoms with van der Waals surface area (Å²) in [6.07, 6.45) is 3.02. The van der Waals surface area contributed by atoms with E-state index in [1.807, 2.05) is 18.2 Å². The highest BCUT2D eigenvalue weighted by molar-refractivity contribution is 5.85. The number of nitrogens with two attached hydrogens (primary N) is 1. The van der Waals surface area contributed by atoms with Crippen LogP contribution in [0.5, 0.6) is 5.75 Å². The molecule has 1 amide bonds. The van der Waals surface area contributed by atoms with E-state index >= 15 is 0 Å². The molecule has 7 heteroatoms. The van der Waals surface area contributed by atoms with Crippen LogP contribution in [0.3, 0.4) is 0 Å². The Kier molecular flexibility index (Phi) is 8.67. The standard InChI is InChI=1S/C23H36N2O5/c1-15(2)19-9-8-16(3)13-23(19,28)22(27)25-11-10-17-6-5-7-18(12-17)30-14-20(24)21(26)29-4/h5-7,12,15-16,19-20,28H,8-11,13-14,24H2,1-4H3,(H,25,27)/t16-,19+,20-,23+/m1/s1. The van der Waals surface area contributed by atoms with Crippen LogP contribution >= 0.6 is 0 Å². The van der Waals surface area contributed by atoms with Crippen molar-refractivity contribution in [2.24, 2.45) is 23.5 Å². The van der Waals surface area contributed by atoms with Crippen molar-refractivity contribution in [2.75, 3.05) is 20.3 Å². The smallest absolute Gasteiger partial charge is 0.326 e. The van der Waals surface area contributed by atoms with Crippen LogP contribution in [0.2, 0.25) is 0 Å². The molecule has 0 aliphatic heterocycles. The fourth-order valence-corrected chi connectivity index (χ4v) is 4.30.